The smallest absolute Gasteiger partial charge is 0.306 e. The molecule has 0 aromatic rings. The zero-order valence-corrected chi connectivity index (χ0v) is 13.6. The Kier molecular flexibility index (Phi) is 12.6. The van der Waals surface area contributed by atoms with E-state index in [1.807, 2.05) is 6.92 Å². The molecule has 6 heteroatoms. The van der Waals surface area contributed by atoms with Crippen LogP contribution in [0.15, 0.2) is 0 Å². The van der Waals surface area contributed by atoms with Crippen LogP contribution in [-0.4, -0.2) is 49.6 Å². The number of carboxylic acids is 1. The summed E-state index contributed by atoms with van der Waals surface area (Å²) in [4.78, 5) is 34.0. The van der Waals surface area contributed by atoms with Gasteiger partial charge in [0.05, 0.1) is 19.1 Å². The number of rotatable bonds is 15. The summed E-state index contributed by atoms with van der Waals surface area (Å²) in [5, 5.41) is 9.15. The van der Waals surface area contributed by atoms with Gasteiger partial charge < -0.3 is 14.6 Å². The molecule has 0 heterocycles. The van der Waals surface area contributed by atoms with E-state index in [1.165, 1.54) is 0 Å². The molecule has 0 aliphatic rings. The van der Waals surface area contributed by atoms with Crippen molar-refractivity contribution < 1.29 is 29.0 Å². The fraction of sp³-hybridized carbons (Fsp3) is 0.812. The minimum Gasteiger partial charge on any atom is -0.481 e. The van der Waals surface area contributed by atoms with Gasteiger partial charge >= 0.3 is 5.97 Å². The second-order valence-electron chi connectivity index (χ2n) is 5.31. The van der Waals surface area contributed by atoms with Gasteiger partial charge in [-0.3, -0.25) is 14.4 Å². The first kappa shape index (κ1) is 20.7. The second kappa shape index (κ2) is 13.4. The Morgan fingerprint density at radius 1 is 1.05 bits per heavy atom. The van der Waals surface area contributed by atoms with Gasteiger partial charge in [0.15, 0.2) is 5.78 Å². The molecule has 128 valence electrons. The van der Waals surface area contributed by atoms with E-state index in [1.54, 1.807) is 7.11 Å². The van der Waals surface area contributed by atoms with Gasteiger partial charge in [-0.05, 0) is 12.8 Å². The molecule has 1 atom stereocenters. The molecule has 6 nitrogen and oxygen atoms in total. The van der Waals surface area contributed by atoms with E-state index in [0.29, 0.717) is 38.9 Å². The van der Waals surface area contributed by atoms with Crippen molar-refractivity contribution in [2.24, 2.45) is 5.92 Å². The highest BCUT2D eigenvalue weighted by Crippen LogP contribution is 2.16. The van der Waals surface area contributed by atoms with E-state index < -0.39 is 11.9 Å². The number of ketones is 2. The summed E-state index contributed by atoms with van der Waals surface area (Å²) in [6, 6.07) is 0. The summed E-state index contributed by atoms with van der Waals surface area (Å²) in [6.07, 6.45) is 3.87. The average molecular weight is 316 g/mol. The molecule has 1 N–H and O–H groups in total. The fourth-order valence-electron chi connectivity index (χ4n) is 2.04. The zero-order valence-electron chi connectivity index (χ0n) is 13.6. The molecule has 0 amide bonds. The lowest BCUT2D eigenvalue weighted by atomic mass is 9.95. The van der Waals surface area contributed by atoms with Gasteiger partial charge in [-0.1, -0.05) is 19.8 Å². The Labute approximate surface area is 132 Å². The number of Topliss-reactive ketones (excluding diaryl/α,β-unsaturated/α-hetero) is 2. The molecule has 0 aliphatic heterocycles. The lowest BCUT2D eigenvalue weighted by Gasteiger charge is -2.11. The predicted octanol–water partition coefficient (Wildman–Crippen LogP) is 2.24. The maximum atomic E-state index is 11.7. The van der Waals surface area contributed by atoms with Gasteiger partial charge in [-0.2, -0.15) is 0 Å². The van der Waals surface area contributed by atoms with Gasteiger partial charge in [0.25, 0.3) is 0 Å². The van der Waals surface area contributed by atoms with E-state index in [4.69, 9.17) is 14.6 Å². The molecule has 1 unspecified atom stereocenters. The number of unbranched alkanes of at least 4 members (excludes halogenated alkanes) is 2. The summed E-state index contributed by atoms with van der Waals surface area (Å²) >= 11 is 0. The normalized spacial score (nSPS) is 12.1. The van der Waals surface area contributed by atoms with E-state index in [-0.39, 0.29) is 24.6 Å². The van der Waals surface area contributed by atoms with E-state index in [2.05, 4.69) is 0 Å². The van der Waals surface area contributed by atoms with Crippen molar-refractivity contribution in [3.63, 3.8) is 0 Å². The second-order valence-corrected chi connectivity index (χ2v) is 5.31. The van der Waals surface area contributed by atoms with Crippen molar-refractivity contribution in [2.75, 3.05) is 26.9 Å². The van der Waals surface area contributed by atoms with Gasteiger partial charge in [0.2, 0.25) is 0 Å². The number of ether oxygens (including phenoxy) is 2. The average Bonchev–Trinajstić information content (AvgIpc) is 2.49. The van der Waals surface area contributed by atoms with E-state index >= 15 is 0 Å². The Morgan fingerprint density at radius 3 is 2.36 bits per heavy atom. The van der Waals surface area contributed by atoms with Crippen LogP contribution in [0.2, 0.25) is 0 Å². The molecule has 0 aliphatic carbocycles. The molecule has 0 aromatic heterocycles. The minimum absolute atomic E-state index is 0.00376. The first-order valence-electron chi connectivity index (χ1n) is 7.84. The van der Waals surface area contributed by atoms with Crippen LogP contribution < -0.4 is 0 Å². The first-order chi connectivity index (χ1) is 10.5. The van der Waals surface area contributed by atoms with Crippen molar-refractivity contribution in [2.45, 2.75) is 51.9 Å². The summed E-state index contributed by atoms with van der Waals surface area (Å²) < 4.78 is 9.88. The molecular formula is C16H28O6. The zero-order chi connectivity index (χ0) is 16.8. The van der Waals surface area contributed by atoms with Crippen LogP contribution in [0.3, 0.4) is 0 Å². The van der Waals surface area contributed by atoms with Gasteiger partial charge in [-0.25, -0.2) is 0 Å². The SMILES string of the molecule is CCC(=O)CCCCCC(CC(=O)COCCOC)C(=O)O. The molecule has 0 saturated carbocycles. The lowest BCUT2D eigenvalue weighted by Crippen LogP contribution is -2.21. The third-order valence-corrected chi connectivity index (χ3v) is 3.42. The molecule has 0 fully saturated rings. The van der Waals surface area contributed by atoms with Crippen molar-refractivity contribution in [1.29, 1.82) is 0 Å². The number of carboxylic acid groups (broad SMARTS) is 1. The third-order valence-electron chi connectivity index (χ3n) is 3.42. The fourth-order valence-corrected chi connectivity index (χ4v) is 2.04. The van der Waals surface area contributed by atoms with Crippen molar-refractivity contribution >= 4 is 17.5 Å². The van der Waals surface area contributed by atoms with Crippen molar-refractivity contribution in [1.82, 2.24) is 0 Å². The number of carbonyl (C=O) groups is 3. The largest absolute Gasteiger partial charge is 0.481 e. The minimum atomic E-state index is -0.949. The van der Waals surface area contributed by atoms with Crippen LogP contribution in [0, 0.1) is 5.92 Å². The molecular weight excluding hydrogens is 288 g/mol. The molecule has 0 spiro atoms. The lowest BCUT2D eigenvalue weighted by molar-refractivity contribution is -0.144. The monoisotopic (exact) mass is 316 g/mol. The Morgan fingerprint density at radius 2 is 1.77 bits per heavy atom. The van der Waals surface area contributed by atoms with Crippen LogP contribution in [-0.2, 0) is 23.9 Å². The van der Waals surface area contributed by atoms with Crippen LogP contribution in [0.5, 0.6) is 0 Å². The maximum Gasteiger partial charge on any atom is 0.306 e. The van der Waals surface area contributed by atoms with E-state index in [9.17, 15) is 14.4 Å². The van der Waals surface area contributed by atoms with Crippen LogP contribution in [0.4, 0.5) is 0 Å². The summed E-state index contributed by atoms with van der Waals surface area (Å²) in [7, 11) is 1.54. The highest BCUT2D eigenvalue weighted by atomic mass is 16.5. The standard InChI is InChI=1S/C16H28O6/c1-3-14(17)8-6-4-5-7-13(16(19)20)11-15(18)12-22-10-9-21-2/h13H,3-12H2,1-2H3,(H,19,20). The van der Waals surface area contributed by atoms with Crippen molar-refractivity contribution in [3.8, 4) is 0 Å². The van der Waals surface area contributed by atoms with Gasteiger partial charge in [0.1, 0.15) is 12.4 Å². The number of methoxy groups -OCH3 is 1. The molecule has 0 bridgehead atoms. The van der Waals surface area contributed by atoms with E-state index in [0.717, 1.165) is 12.8 Å². The number of carbonyl (C=O) groups excluding carboxylic acids is 2. The van der Waals surface area contributed by atoms with Crippen LogP contribution in [0.25, 0.3) is 0 Å². The Bertz CT molecular complexity index is 340. The summed E-state index contributed by atoms with van der Waals surface area (Å²) in [6.45, 7) is 2.50. The van der Waals surface area contributed by atoms with Crippen LogP contribution in [0.1, 0.15) is 51.9 Å². The molecule has 0 rings (SSSR count). The highest BCUT2D eigenvalue weighted by molar-refractivity contribution is 5.84. The van der Waals surface area contributed by atoms with Crippen LogP contribution >= 0.6 is 0 Å². The molecule has 0 aromatic carbocycles. The van der Waals surface area contributed by atoms with Gasteiger partial charge in [0, 0.05) is 26.4 Å². The third kappa shape index (κ3) is 11.4. The number of aliphatic carboxylic acids is 1. The first-order valence-corrected chi connectivity index (χ1v) is 7.84. The number of hydrogen-bond acceptors (Lipinski definition) is 5. The molecule has 0 saturated heterocycles. The molecule has 22 heavy (non-hydrogen) atoms. The highest BCUT2D eigenvalue weighted by Gasteiger charge is 2.20. The quantitative estimate of drug-likeness (QED) is 0.466. The maximum absolute atomic E-state index is 11.7. The molecule has 0 radical (unpaired) electrons. The van der Waals surface area contributed by atoms with Gasteiger partial charge in [-0.15, -0.1) is 0 Å². The number of hydrogen-bond donors (Lipinski definition) is 1. The van der Waals surface area contributed by atoms with Crippen molar-refractivity contribution in [3.05, 3.63) is 0 Å². The predicted molar refractivity (Wildman–Crippen MR) is 81.8 cm³/mol. The summed E-state index contributed by atoms with van der Waals surface area (Å²) in [5.41, 5.74) is 0. The Balaban J connectivity index is 3.88. The Hall–Kier alpha value is -1.27. The topological polar surface area (TPSA) is 89.9 Å². The summed E-state index contributed by atoms with van der Waals surface area (Å²) in [5.74, 6) is -1.59.